The van der Waals surface area contributed by atoms with E-state index in [1.54, 1.807) is 4.68 Å². The maximum absolute atomic E-state index is 11.9. The third kappa shape index (κ3) is 2.76. The van der Waals surface area contributed by atoms with Gasteiger partial charge in [0.1, 0.15) is 5.82 Å². The Kier molecular flexibility index (Phi) is 3.50. The Hall–Kier alpha value is -2.90. The SMILES string of the molecule is Cc1ccc2c(c1)c(CNC(=O)Cc1n[nH]c(=O)[nH]1)nn2C. The van der Waals surface area contributed by atoms with Crippen LogP contribution in [0.2, 0.25) is 0 Å². The van der Waals surface area contributed by atoms with E-state index in [4.69, 9.17) is 0 Å². The van der Waals surface area contributed by atoms with Gasteiger partial charge in [0.2, 0.25) is 5.91 Å². The summed E-state index contributed by atoms with van der Waals surface area (Å²) in [5.41, 5.74) is 2.55. The molecular weight excluding hydrogens is 284 g/mol. The highest BCUT2D eigenvalue weighted by Crippen LogP contribution is 2.19. The predicted molar refractivity (Wildman–Crippen MR) is 80.2 cm³/mol. The third-order valence-electron chi connectivity index (χ3n) is 3.41. The van der Waals surface area contributed by atoms with Crippen molar-refractivity contribution in [3.63, 3.8) is 0 Å². The Morgan fingerprint density at radius 2 is 2.23 bits per heavy atom. The lowest BCUT2D eigenvalue weighted by molar-refractivity contribution is -0.120. The molecular formula is C14H16N6O2. The Balaban J connectivity index is 1.72. The van der Waals surface area contributed by atoms with Crippen molar-refractivity contribution >= 4 is 16.8 Å². The minimum absolute atomic E-state index is 0.0164. The molecule has 0 fully saturated rings. The number of carbonyl (C=O) groups excluding carboxylic acids is 1. The van der Waals surface area contributed by atoms with Crippen molar-refractivity contribution in [1.82, 2.24) is 30.3 Å². The van der Waals surface area contributed by atoms with Gasteiger partial charge in [0.25, 0.3) is 0 Å². The first kappa shape index (κ1) is 14.1. The third-order valence-corrected chi connectivity index (χ3v) is 3.41. The second-order valence-corrected chi connectivity index (χ2v) is 5.17. The number of H-pyrrole nitrogens is 2. The summed E-state index contributed by atoms with van der Waals surface area (Å²) in [5.74, 6) is 0.0819. The molecule has 3 rings (SSSR count). The number of hydrogen-bond acceptors (Lipinski definition) is 4. The topological polar surface area (TPSA) is 108 Å². The van der Waals surface area contributed by atoms with E-state index < -0.39 is 5.69 Å². The average molecular weight is 300 g/mol. The van der Waals surface area contributed by atoms with Crippen molar-refractivity contribution in [3.05, 3.63) is 45.8 Å². The van der Waals surface area contributed by atoms with Crippen molar-refractivity contribution in [2.75, 3.05) is 0 Å². The minimum atomic E-state index is -0.422. The smallest absolute Gasteiger partial charge is 0.340 e. The number of amides is 1. The number of fused-ring (bicyclic) bond motifs is 1. The van der Waals surface area contributed by atoms with Crippen LogP contribution in [0.5, 0.6) is 0 Å². The molecule has 0 atom stereocenters. The highest BCUT2D eigenvalue weighted by atomic mass is 16.2. The number of nitrogens with zero attached hydrogens (tertiary/aromatic N) is 3. The molecule has 3 N–H and O–H groups in total. The summed E-state index contributed by atoms with van der Waals surface area (Å²) in [5, 5.41) is 14.2. The summed E-state index contributed by atoms with van der Waals surface area (Å²) in [7, 11) is 1.87. The molecule has 3 aromatic rings. The monoisotopic (exact) mass is 300 g/mol. The number of aromatic amines is 2. The Bertz CT molecular complexity index is 888. The van der Waals surface area contributed by atoms with E-state index in [9.17, 15) is 9.59 Å². The Morgan fingerprint density at radius 1 is 1.41 bits per heavy atom. The zero-order chi connectivity index (χ0) is 15.7. The minimum Gasteiger partial charge on any atom is -0.350 e. The van der Waals surface area contributed by atoms with Crippen LogP contribution in [0.25, 0.3) is 10.9 Å². The van der Waals surface area contributed by atoms with E-state index in [0.29, 0.717) is 12.4 Å². The number of carbonyl (C=O) groups is 1. The first-order valence-electron chi connectivity index (χ1n) is 6.85. The zero-order valence-electron chi connectivity index (χ0n) is 12.3. The van der Waals surface area contributed by atoms with Crippen LogP contribution in [0.4, 0.5) is 0 Å². The molecule has 0 saturated heterocycles. The van der Waals surface area contributed by atoms with Gasteiger partial charge in [0, 0.05) is 12.4 Å². The lowest BCUT2D eigenvalue weighted by atomic mass is 10.1. The molecule has 0 aliphatic rings. The molecule has 0 radical (unpaired) electrons. The normalized spacial score (nSPS) is 11.0. The molecule has 0 bridgehead atoms. The van der Waals surface area contributed by atoms with Gasteiger partial charge in [0.05, 0.1) is 24.2 Å². The summed E-state index contributed by atoms with van der Waals surface area (Å²) in [4.78, 5) is 25.2. The van der Waals surface area contributed by atoms with Gasteiger partial charge in [-0.15, -0.1) is 0 Å². The molecule has 8 nitrogen and oxygen atoms in total. The standard InChI is InChI=1S/C14H16N6O2/c1-8-3-4-11-9(5-8)10(19-20(11)2)7-15-13(21)6-12-16-14(22)18-17-12/h3-5H,6-7H2,1-2H3,(H,15,21)(H2,16,17,18,22). The van der Waals surface area contributed by atoms with E-state index >= 15 is 0 Å². The molecule has 8 heteroatoms. The second-order valence-electron chi connectivity index (χ2n) is 5.17. The molecule has 22 heavy (non-hydrogen) atoms. The van der Waals surface area contributed by atoms with E-state index in [-0.39, 0.29) is 12.3 Å². The maximum atomic E-state index is 11.9. The lowest BCUT2D eigenvalue weighted by Gasteiger charge is -2.02. The van der Waals surface area contributed by atoms with Crippen LogP contribution in [0, 0.1) is 6.92 Å². The Labute approximate surface area is 125 Å². The van der Waals surface area contributed by atoms with Crippen LogP contribution in [-0.4, -0.2) is 30.9 Å². The molecule has 0 aliphatic heterocycles. The summed E-state index contributed by atoms with van der Waals surface area (Å²) in [6.07, 6.45) is 0.0164. The van der Waals surface area contributed by atoms with E-state index in [2.05, 4.69) is 31.7 Å². The molecule has 114 valence electrons. The quantitative estimate of drug-likeness (QED) is 0.637. The van der Waals surface area contributed by atoms with Crippen molar-refractivity contribution in [3.8, 4) is 0 Å². The molecule has 1 aromatic carbocycles. The number of nitrogens with one attached hydrogen (secondary N) is 3. The molecule has 1 amide bonds. The zero-order valence-corrected chi connectivity index (χ0v) is 12.3. The largest absolute Gasteiger partial charge is 0.350 e. The van der Waals surface area contributed by atoms with Crippen molar-refractivity contribution in [1.29, 1.82) is 0 Å². The first-order valence-corrected chi connectivity index (χ1v) is 6.85. The summed E-state index contributed by atoms with van der Waals surface area (Å²) < 4.78 is 1.79. The van der Waals surface area contributed by atoms with Crippen LogP contribution >= 0.6 is 0 Å². The molecule has 0 spiro atoms. The highest BCUT2D eigenvalue weighted by Gasteiger charge is 2.11. The van der Waals surface area contributed by atoms with Gasteiger partial charge in [-0.3, -0.25) is 14.5 Å². The number of rotatable bonds is 4. The lowest BCUT2D eigenvalue weighted by Crippen LogP contribution is -2.25. The van der Waals surface area contributed by atoms with Crippen molar-refractivity contribution < 1.29 is 4.79 Å². The van der Waals surface area contributed by atoms with Crippen LogP contribution in [-0.2, 0) is 24.8 Å². The fraction of sp³-hybridized carbons (Fsp3) is 0.286. The molecule has 2 aromatic heterocycles. The highest BCUT2D eigenvalue weighted by molar-refractivity contribution is 5.83. The molecule has 0 unspecified atom stereocenters. The van der Waals surface area contributed by atoms with Crippen molar-refractivity contribution in [2.45, 2.75) is 19.9 Å². The fourth-order valence-electron chi connectivity index (χ4n) is 2.37. The van der Waals surface area contributed by atoms with Crippen molar-refractivity contribution in [2.24, 2.45) is 7.05 Å². The van der Waals surface area contributed by atoms with Gasteiger partial charge in [-0.25, -0.2) is 9.89 Å². The number of aryl methyl sites for hydroxylation is 2. The van der Waals surface area contributed by atoms with Gasteiger partial charge in [-0.1, -0.05) is 11.6 Å². The predicted octanol–water partition coefficient (Wildman–Crippen LogP) is 0.152. The van der Waals surface area contributed by atoms with Gasteiger partial charge >= 0.3 is 5.69 Å². The molecule has 0 aliphatic carbocycles. The summed E-state index contributed by atoms with van der Waals surface area (Å²) >= 11 is 0. The summed E-state index contributed by atoms with van der Waals surface area (Å²) in [6.45, 7) is 2.34. The van der Waals surface area contributed by atoms with Crippen LogP contribution in [0.15, 0.2) is 23.0 Å². The van der Waals surface area contributed by atoms with Gasteiger partial charge in [0.15, 0.2) is 0 Å². The fourth-order valence-corrected chi connectivity index (χ4v) is 2.37. The first-order chi connectivity index (χ1) is 10.5. The van der Waals surface area contributed by atoms with E-state index in [1.165, 1.54) is 0 Å². The van der Waals surface area contributed by atoms with Gasteiger partial charge in [-0.2, -0.15) is 10.2 Å². The molecule has 2 heterocycles. The second kappa shape index (κ2) is 5.47. The number of hydrogen-bond donors (Lipinski definition) is 3. The summed E-state index contributed by atoms with van der Waals surface area (Å²) in [6, 6.07) is 6.09. The van der Waals surface area contributed by atoms with Crippen LogP contribution in [0.1, 0.15) is 17.1 Å². The number of benzene rings is 1. The van der Waals surface area contributed by atoms with E-state index in [0.717, 1.165) is 22.2 Å². The number of aromatic nitrogens is 5. The average Bonchev–Trinajstić information content (AvgIpc) is 3.00. The maximum Gasteiger partial charge on any atom is 0.340 e. The van der Waals surface area contributed by atoms with Crippen LogP contribution in [0.3, 0.4) is 0 Å². The Morgan fingerprint density at radius 3 is 2.95 bits per heavy atom. The van der Waals surface area contributed by atoms with E-state index in [1.807, 2.05) is 26.1 Å². The van der Waals surface area contributed by atoms with Gasteiger partial charge < -0.3 is 5.32 Å². The molecule has 0 saturated carbocycles. The van der Waals surface area contributed by atoms with Gasteiger partial charge in [-0.05, 0) is 19.1 Å². The van der Waals surface area contributed by atoms with Crippen LogP contribution < -0.4 is 11.0 Å².